The fourth-order valence-electron chi connectivity index (χ4n) is 9.71. The van der Waals surface area contributed by atoms with Crippen LogP contribution in [0, 0.1) is 0 Å². The van der Waals surface area contributed by atoms with E-state index in [2.05, 4.69) is 252 Å². The van der Waals surface area contributed by atoms with Crippen LogP contribution < -0.4 is 4.90 Å². The van der Waals surface area contributed by atoms with Crippen LogP contribution in [0.1, 0.15) is 0 Å². The molecule has 2 heterocycles. The zero-order valence-corrected chi connectivity index (χ0v) is 35.2. The van der Waals surface area contributed by atoms with E-state index in [0.29, 0.717) is 0 Å². The van der Waals surface area contributed by atoms with Gasteiger partial charge in [0.2, 0.25) is 0 Å². The predicted octanol–water partition coefficient (Wildman–Crippen LogP) is 17.3. The average molecular weight is 821 g/mol. The van der Waals surface area contributed by atoms with Crippen LogP contribution in [-0.4, -0.2) is 4.57 Å². The summed E-state index contributed by atoms with van der Waals surface area (Å²) in [6.07, 6.45) is 0. The quantitative estimate of drug-likeness (QED) is 0.148. The Kier molecular flexibility index (Phi) is 9.06. The molecule has 3 heteroatoms. The highest BCUT2D eigenvalue weighted by Gasteiger charge is 2.24. The molecule has 0 atom stereocenters. The molecule has 12 rings (SSSR count). The molecule has 0 aliphatic rings. The molecule has 2 nitrogen and oxygen atoms in total. The maximum atomic E-state index is 2.51. The van der Waals surface area contributed by atoms with Crippen molar-refractivity contribution in [2.45, 2.75) is 0 Å². The largest absolute Gasteiger partial charge is 0.309 e. The maximum absolute atomic E-state index is 2.51. The standard InChI is InChI=1S/C60H40N2S/c1-3-20-41(21-4-1)45-26-7-8-27-47(45)48-28-9-10-29-49(48)50-30-11-14-34-53(50)62(56-37-19-39-58-60(56)52-32-13-16-38-57(52)63-58)44-25-17-22-42(40-44)46-33-18-36-55-59(46)51-31-12-15-35-54(51)61(55)43-23-5-2-6-24-43/h1-40H. The third kappa shape index (κ3) is 6.24. The summed E-state index contributed by atoms with van der Waals surface area (Å²) in [7, 11) is 0. The number of thiophene rings is 1. The summed E-state index contributed by atoms with van der Waals surface area (Å²) < 4.78 is 4.95. The highest BCUT2D eigenvalue weighted by atomic mass is 32.1. The molecule has 12 aromatic rings. The van der Waals surface area contributed by atoms with Gasteiger partial charge >= 0.3 is 0 Å². The first-order chi connectivity index (χ1) is 31.3. The van der Waals surface area contributed by atoms with Gasteiger partial charge in [-0.15, -0.1) is 11.3 Å². The summed E-state index contributed by atoms with van der Waals surface area (Å²) >= 11 is 1.86. The molecule has 0 N–H and O–H groups in total. The predicted molar refractivity (Wildman–Crippen MR) is 270 cm³/mol. The first-order valence-corrected chi connectivity index (χ1v) is 22.3. The summed E-state index contributed by atoms with van der Waals surface area (Å²) in [5.74, 6) is 0. The first-order valence-electron chi connectivity index (χ1n) is 21.5. The Bertz CT molecular complexity index is 3640. The lowest BCUT2D eigenvalue weighted by Gasteiger charge is -2.29. The van der Waals surface area contributed by atoms with Crippen molar-refractivity contribution in [3.8, 4) is 50.2 Å². The molecule has 0 unspecified atom stereocenters. The van der Waals surface area contributed by atoms with E-state index in [0.717, 1.165) is 33.9 Å². The first kappa shape index (κ1) is 36.8. The van der Waals surface area contributed by atoms with Gasteiger partial charge in [0.05, 0.1) is 22.4 Å². The molecule has 63 heavy (non-hydrogen) atoms. The Balaban J connectivity index is 1.11. The van der Waals surface area contributed by atoms with E-state index in [-0.39, 0.29) is 0 Å². The number of aromatic nitrogens is 1. The number of benzene rings is 10. The SMILES string of the molecule is c1ccc(-c2ccccc2-c2ccccc2-c2ccccc2N(c2cccc(-c3cccc4c3c3ccccc3n4-c3ccccc3)c2)c2cccc3sc4ccccc4c23)cc1. The Morgan fingerprint density at radius 2 is 0.841 bits per heavy atom. The van der Waals surface area contributed by atoms with Crippen molar-refractivity contribution in [2.75, 3.05) is 4.90 Å². The van der Waals surface area contributed by atoms with Crippen molar-refractivity contribution in [1.82, 2.24) is 4.57 Å². The lowest BCUT2D eigenvalue weighted by Crippen LogP contribution is -2.12. The van der Waals surface area contributed by atoms with Crippen molar-refractivity contribution in [3.05, 3.63) is 243 Å². The summed E-state index contributed by atoms with van der Waals surface area (Å²) in [5.41, 5.74) is 16.4. The highest BCUT2D eigenvalue weighted by molar-refractivity contribution is 7.26. The van der Waals surface area contributed by atoms with Crippen LogP contribution in [0.4, 0.5) is 17.1 Å². The normalized spacial score (nSPS) is 11.5. The molecule has 0 bridgehead atoms. The van der Waals surface area contributed by atoms with Crippen LogP contribution in [-0.2, 0) is 0 Å². The smallest absolute Gasteiger partial charge is 0.0555 e. The molecule has 0 aliphatic carbocycles. The zero-order chi connectivity index (χ0) is 41.7. The molecule has 0 spiro atoms. The van der Waals surface area contributed by atoms with Crippen molar-refractivity contribution >= 4 is 70.4 Å². The van der Waals surface area contributed by atoms with E-state index in [4.69, 9.17) is 0 Å². The zero-order valence-electron chi connectivity index (χ0n) is 34.4. The van der Waals surface area contributed by atoms with Crippen molar-refractivity contribution in [2.24, 2.45) is 0 Å². The van der Waals surface area contributed by atoms with Gasteiger partial charge in [0.25, 0.3) is 0 Å². The Labute approximate surface area is 370 Å². The van der Waals surface area contributed by atoms with Gasteiger partial charge in [0.1, 0.15) is 0 Å². The van der Waals surface area contributed by atoms with Crippen LogP contribution in [0.15, 0.2) is 243 Å². The van der Waals surface area contributed by atoms with E-state index < -0.39 is 0 Å². The summed E-state index contributed by atoms with van der Waals surface area (Å²) in [5, 5.41) is 5.01. The van der Waals surface area contributed by atoms with Crippen LogP contribution in [0.2, 0.25) is 0 Å². The maximum Gasteiger partial charge on any atom is 0.0555 e. The second-order valence-corrected chi connectivity index (χ2v) is 17.1. The molecule has 0 amide bonds. The molecule has 0 saturated heterocycles. The summed E-state index contributed by atoms with van der Waals surface area (Å²) in [6, 6.07) is 88.4. The van der Waals surface area contributed by atoms with Crippen molar-refractivity contribution in [1.29, 1.82) is 0 Å². The van der Waals surface area contributed by atoms with E-state index in [1.54, 1.807) is 0 Å². The van der Waals surface area contributed by atoms with Gasteiger partial charge in [0.15, 0.2) is 0 Å². The minimum atomic E-state index is 1.09. The van der Waals surface area contributed by atoms with Gasteiger partial charge in [0, 0.05) is 47.9 Å². The van der Waals surface area contributed by atoms with Gasteiger partial charge in [-0.3, -0.25) is 0 Å². The minimum absolute atomic E-state index is 1.09. The molecular weight excluding hydrogens is 781 g/mol. The van der Waals surface area contributed by atoms with Gasteiger partial charge in [-0.25, -0.2) is 0 Å². The number of nitrogens with zero attached hydrogens (tertiary/aromatic N) is 2. The molecule has 0 saturated carbocycles. The number of anilines is 3. The Morgan fingerprint density at radius 3 is 1.65 bits per heavy atom. The van der Waals surface area contributed by atoms with E-state index in [9.17, 15) is 0 Å². The molecule has 10 aromatic carbocycles. The van der Waals surface area contributed by atoms with Gasteiger partial charge in [-0.1, -0.05) is 182 Å². The van der Waals surface area contributed by atoms with Crippen molar-refractivity contribution < 1.29 is 0 Å². The molecule has 0 radical (unpaired) electrons. The molecule has 296 valence electrons. The van der Waals surface area contributed by atoms with Crippen LogP contribution in [0.3, 0.4) is 0 Å². The molecule has 0 aliphatic heterocycles. The van der Waals surface area contributed by atoms with Crippen LogP contribution in [0.25, 0.3) is 92.2 Å². The van der Waals surface area contributed by atoms with E-state index in [1.807, 2.05) is 11.3 Å². The van der Waals surface area contributed by atoms with E-state index in [1.165, 1.54) is 75.4 Å². The lowest BCUT2D eigenvalue weighted by atomic mass is 9.88. The summed E-state index contributed by atoms with van der Waals surface area (Å²) in [6.45, 7) is 0. The fourth-order valence-corrected chi connectivity index (χ4v) is 10.8. The van der Waals surface area contributed by atoms with Crippen LogP contribution in [0.5, 0.6) is 0 Å². The lowest BCUT2D eigenvalue weighted by molar-refractivity contribution is 1.18. The van der Waals surface area contributed by atoms with E-state index >= 15 is 0 Å². The Hall–Kier alpha value is -7.98. The van der Waals surface area contributed by atoms with Gasteiger partial charge in [-0.05, 0) is 99.6 Å². The monoisotopic (exact) mass is 820 g/mol. The highest BCUT2D eigenvalue weighted by Crippen LogP contribution is 2.50. The third-order valence-electron chi connectivity index (χ3n) is 12.4. The van der Waals surface area contributed by atoms with Gasteiger partial charge < -0.3 is 9.47 Å². The van der Waals surface area contributed by atoms with Crippen LogP contribution >= 0.6 is 11.3 Å². The number of rotatable bonds is 8. The third-order valence-corrected chi connectivity index (χ3v) is 13.5. The molecule has 2 aromatic heterocycles. The summed E-state index contributed by atoms with van der Waals surface area (Å²) in [4.78, 5) is 2.51. The second kappa shape index (κ2) is 15.5. The number of hydrogen-bond donors (Lipinski definition) is 0. The fraction of sp³-hybridized carbons (Fsp3) is 0. The molecule has 0 fully saturated rings. The topological polar surface area (TPSA) is 8.17 Å². The number of fused-ring (bicyclic) bond motifs is 6. The average Bonchev–Trinajstić information content (AvgIpc) is 3.92. The van der Waals surface area contributed by atoms with Crippen molar-refractivity contribution in [3.63, 3.8) is 0 Å². The number of para-hydroxylation sites is 3. The Morgan fingerprint density at radius 1 is 0.317 bits per heavy atom. The molecular formula is C60H40N2S. The minimum Gasteiger partial charge on any atom is -0.309 e. The second-order valence-electron chi connectivity index (χ2n) is 16.0. The number of hydrogen-bond acceptors (Lipinski definition) is 2. The van der Waals surface area contributed by atoms with Gasteiger partial charge in [-0.2, -0.15) is 0 Å².